The molecule has 0 radical (unpaired) electrons. The fourth-order valence-electron chi connectivity index (χ4n) is 1.01. The van der Waals surface area contributed by atoms with E-state index in [1.165, 1.54) is 0 Å². The maximum atomic E-state index is 9.04. The Morgan fingerprint density at radius 3 is 2.86 bits per heavy atom. The summed E-state index contributed by atoms with van der Waals surface area (Å²) in [6.45, 7) is 2.45. The van der Waals surface area contributed by atoms with E-state index in [1.807, 2.05) is 18.2 Å². The van der Waals surface area contributed by atoms with Gasteiger partial charge in [0, 0.05) is 11.0 Å². The maximum Gasteiger partial charge on any atom is 0.119 e. The van der Waals surface area contributed by atoms with Gasteiger partial charge in [0.2, 0.25) is 0 Å². The zero-order chi connectivity index (χ0) is 10.6. The van der Waals surface area contributed by atoms with Crippen molar-refractivity contribution in [3.63, 3.8) is 0 Å². The van der Waals surface area contributed by atoms with Crippen molar-refractivity contribution in [2.75, 3.05) is 6.61 Å². The SMILES string of the molecule is CC(O)COc1ccc(Br)c(CN)c1. The summed E-state index contributed by atoms with van der Waals surface area (Å²) in [7, 11) is 0. The van der Waals surface area contributed by atoms with Gasteiger partial charge >= 0.3 is 0 Å². The molecule has 1 aromatic carbocycles. The van der Waals surface area contributed by atoms with Crippen molar-refractivity contribution in [1.29, 1.82) is 0 Å². The van der Waals surface area contributed by atoms with E-state index in [9.17, 15) is 0 Å². The highest BCUT2D eigenvalue weighted by Gasteiger charge is 2.02. The second-order valence-corrected chi connectivity index (χ2v) is 3.97. The van der Waals surface area contributed by atoms with Crippen LogP contribution in [-0.4, -0.2) is 17.8 Å². The van der Waals surface area contributed by atoms with Crippen LogP contribution < -0.4 is 10.5 Å². The first-order chi connectivity index (χ1) is 6.63. The van der Waals surface area contributed by atoms with Gasteiger partial charge < -0.3 is 15.6 Å². The standard InChI is InChI=1S/C10H14BrNO2/c1-7(13)6-14-9-2-3-10(11)8(4-9)5-12/h2-4,7,13H,5-6,12H2,1H3. The van der Waals surface area contributed by atoms with Gasteiger partial charge in [-0.3, -0.25) is 0 Å². The summed E-state index contributed by atoms with van der Waals surface area (Å²) >= 11 is 3.39. The van der Waals surface area contributed by atoms with E-state index in [1.54, 1.807) is 6.92 Å². The van der Waals surface area contributed by atoms with Crippen molar-refractivity contribution in [1.82, 2.24) is 0 Å². The Labute approximate surface area is 92.0 Å². The van der Waals surface area contributed by atoms with E-state index in [0.29, 0.717) is 13.2 Å². The molecule has 0 spiro atoms. The molecule has 0 aromatic heterocycles. The highest BCUT2D eigenvalue weighted by molar-refractivity contribution is 9.10. The lowest BCUT2D eigenvalue weighted by molar-refractivity contribution is 0.122. The van der Waals surface area contributed by atoms with Crippen LogP contribution in [0.25, 0.3) is 0 Å². The van der Waals surface area contributed by atoms with Gasteiger partial charge in [0.15, 0.2) is 0 Å². The molecule has 14 heavy (non-hydrogen) atoms. The Kier molecular flexibility index (Phi) is 4.38. The quantitative estimate of drug-likeness (QED) is 0.865. The number of aliphatic hydroxyl groups is 1. The Hall–Kier alpha value is -0.580. The van der Waals surface area contributed by atoms with Crippen LogP contribution in [0.1, 0.15) is 12.5 Å². The third-order valence-electron chi connectivity index (χ3n) is 1.73. The van der Waals surface area contributed by atoms with Crippen molar-refractivity contribution >= 4 is 15.9 Å². The number of benzene rings is 1. The molecule has 0 saturated heterocycles. The highest BCUT2D eigenvalue weighted by Crippen LogP contribution is 2.22. The second-order valence-electron chi connectivity index (χ2n) is 3.12. The molecule has 4 heteroatoms. The van der Waals surface area contributed by atoms with Crippen LogP contribution in [0, 0.1) is 0 Å². The molecule has 0 bridgehead atoms. The first-order valence-corrected chi connectivity index (χ1v) is 5.22. The van der Waals surface area contributed by atoms with E-state index in [2.05, 4.69) is 15.9 Å². The van der Waals surface area contributed by atoms with Gasteiger partial charge in [-0.25, -0.2) is 0 Å². The van der Waals surface area contributed by atoms with Crippen molar-refractivity contribution in [2.24, 2.45) is 5.73 Å². The van der Waals surface area contributed by atoms with Crippen LogP contribution in [0.2, 0.25) is 0 Å². The van der Waals surface area contributed by atoms with Gasteiger partial charge in [-0.1, -0.05) is 15.9 Å². The number of aliphatic hydroxyl groups excluding tert-OH is 1. The van der Waals surface area contributed by atoms with Crippen LogP contribution in [0.5, 0.6) is 5.75 Å². The molecule has 1 rings (SSSR count). The van der Waals surface area contributed by atoms with Gasteiger partial charge in [0.25, 0.3) is 0 Å². The minimum atomic E-state index is -0.458. The number of hydrogen-bond acceptors (Lipinski definition) is 3. The zero-order valence-electron chi connectivity index (χ0n) is 8.03. The van der Waals surface area contributed by atoms with Gasteiger partial charge in [0.1, 0.15) is 12.4 Å². The molecule has 1 atom stereocenters. The molecule has 1 unspecified atom stereocenters. The number of ether oxygens (including phenoxy) is 1. The normalized spacial score (nSPS) is 12.6. The number of nitrogens with two attached hydrogens (primary N) is 1. The van der Waals surface area contributed by atoms with E-state index >= 15 is 0 Å². The molecule has 0 fully saturated rings. The fraction of sp³-hybridized carbons (Fsp3) is 0.400. The minimum Gasteiger partial charge on any atom is -0.491 e. The molecule has 0 aliphatic heterocycles. The second kappa shape index (κ2) is 5.34. The van der Waals surface area contributed by atoms with Gasteiger partial charge in [0.05, 0.1) is 6.10 Å². The van der Waals surface area contributed by atoms with Crippen molar-refractivity contribution < 1.29 is 9.84 Å². The number of hydrogen-bond donors (Lipinski definition) is 2. The highest BCUT2D eigenvalue weighted by atomic mass is 79.9. The summed E-state index contributed by atoms with van der Waals surface area (Å²) in [5, 5.41) is 9.04. The molecule has 3 N–H and O–H groups in total. The van der Waals surface area contributed by atoms with Crippen LogP contribution in [-0.2, 0) is 6.54 Å². The lowest BCUT2D eigenvalue weighted by Gasteiger charge is -2.09. The molecular weight excluding hydrogens is 246 g/mol. The summed E-state index contributed by atoms with van der Waals surface area (Å²) in [6, 6.07) is 5.59. The molecule has 3 nitrogen and oxygen atoms in total. The Morgan fingerprint density at radius 2 is 2.29 bits per heavy atom. The molecule has 78 valence electrons. The Bertz CT molecular complexity index is 302. The predicted molar refractivity (Wildman–Crippen MR) is 59.2 cm³/mol. The summed E-state index contributed by atoms with van der Waals surface area (Å²) in [4.78, 5) is 0. The molecule has 0 heterocycles. The number of halogens is 1. The minimum absolute atomic E-state index is 0.297. The first kappa shape index (κ1) is 11.5. The topological polar surface area (TPSA) is 55.5 Å². The van der Waals surface area contributed by atoms with E-state index in [4.69, 9.17) is 15.6 Å². The first-order valence-electron chi connectivity index (χ1n) is 4.43. The van der Waals surface area contributed by atoms with Crippen molar-refractivity contribution in [3.05, 3.63) is 28.2 Å². The third kappa shape index (κ3) is 3.29. The molecule has 1 aromatic rings. The van der Waals surface area contributed by atoms with Crippen LogP contribution in [0.15, 0.2) is 22.7 Å². The molecule has 0 saturated carbocycles. The third-order valence-corrected chi connectivity index (χ3v) is 2.50. The fourth-order valence-corrected chi connectivity index (χ4v) is 1.42. The summed E-state index contributed by atoms with van der Waals surface area (Å²) in [6.07, 6.45) is -0.458. The van der Waals surface area contributed by atoms with Crippen molar-refractivity contribution in [3.8, 4) is 5.75 Å². The smallest absolute Gasteiger partial charge is 0.119 e. The Morgan fingerprint density at radius 1 is 1.57 bits per heavy atom. The molecule has 0 aliphatic carbocycles. The average molecular weight is 260 g/mol. The molecule has 0 amide bonds. The van der Waals surface area contributed by atoms with Gasteiger partial charge in [-0.05, 0) is 30.7 Å². The average Bonchev–Trinajstić information content (AvgIpc) is 2.16. The summed E-state index contributed by atoms with van der Waals surface area (Å²) in [5.41, 5.74) is 6.53. The van der Waals surface area contributed by atoms with Gasteiger partial charge in [-0.15, -0.1) is 0 Å². The summed E-state index contributed by atoms with van der Waals surface area (Å²) in [5.74, 6) is 0.731. The van der Waals surface area contributed by atoms with E-state index in [0.717, 1.165) is 15.8 Å². The lowest BCUT2D eigenvalue weighted by Crippen LogP contribution is -2.13. The van der Waals surface area contributed by atoms with E-state index in [-0.39, 0.29) is 0 Å². The van der Waals surface area contributed by atoms with E-state index < -0.39 is 6.10 Å². The molecule has 0 aliphatic rings. The summed E-state index contributed by atoms with van der Waals surface area (Å²) < 4.78 is 6.31. The molecular formula is C10H14BrNO2. The largest absolute Gasteiger partial charge is 0.491 e. The van der Waals surface area contributed by atoms with Crippen LogP contribution >= 0.6 is 15.9 Å². The van der Waals surface area contributed by atoms with Crippen LogP contribution in [0.3, 0.4) is 0 Å². The monoisotopic (exact) mass is 259 g/mol. The predicted octanol–water partition coefficient (Wildman–Crippen LogP) is 1.67. The maximum absolute atomic E-state index is 9.04. The lowest BCUT2D eigenvalue weighted by atomic mass is 10.2. The van der Waals surface area contributed by atoms with Gasteiger partial charge in [-0.2, -0.15) is 0 Å². The number of rotatable bonds is 4. The Balaban J connectivity index is 2.69. The van der Waals surface area contributed by atoms with Crippen LogP contribution in [0.4, 0.5) is 0 Å². The van der Waals surface area contributed by atoms with Crippen molar-refractivity contribution in [2.45, 2.75) is 19.6 Å². The zero-order valence-corrected chi connectivity index (χ0v) is 9.62.